The maximum atomic E-state index is 13.5. The van der Waals surface area contributed by atoms with E-state index in [-0.39, 0.29) is 5.82 Å². The summed E-state index contributed by atoms with van der Waals surface area (Å²) in [5.74, 6) is 1.13. The quantitative estimate of drug-likeness (QED) is 0.854. The van der Waals surface area contributed by atoms with Crippen LogP contribution in [0.4, 0.5) is 4.39 Å². The SMILES string of the molecule is COc1cc(CNCc2ccccc2F)cc(Br)c1OC. The lowest BCUT2D eigenvalue weighted by Gasteiger charge is -2.12. The molecule has 2 aromatic rings. The molecule has 2 rings (SSSR count). The van der Waals surface area contributed by atoms with Gasteiger partial charge in [0.25, 0.3) is 0 Å². The first kappa shape index (κ1) is 15.8. The maximum absolute atomic E-state index is 13.5. The van der Waals surface area contributed by atoms with Gasteiger partial charge in [-0.15, -0.1) is 0 Å². The highest BCUT2D eigenvalue weighted by Gasteiger charge is 2.10. The largest absolute Gasteiger partial charge is 0.493 e. The molecular formula is C16H17BrFNO2. The van der Waals surface area contributed by atoms with E-state index in [1.807, 2.05) is 18.2 Å². The second kappa shape index (κ2) is 7.43. The van der Waals surface area contributed by atoms with Crippen LogP contribution >= 0.6 is 15.9 Å². The van der Waals surface area contributed by atoms with Crippen molar-refractivity contribution in [3.63, 3.8) is 0 Å². The molecule has 2 aromatic carbocycles. The average molecular weight is 354 g/mol. The van der Waals surface area contributed by atoms with Gasteiger partial charge < -0.3 is 14.8 Å². The third-order valence-electron chi connectivity index (χ3n) is 3.10. The molecule has 0 aromatic heterocycles. The molecule has 0 bridgehead atoms. The second-order valence-corrected chi connectivity index (χ2v) is 5.36. The summed E-state index contributed by atoms with van der Waals surface area (Å²) in [6, 6.07) is 10.6. The van der Waals surface area contributed by atoms with Crippen LogP contribution in [0.1, 0.15) is 11.1 Å². The molecule has 0 saturated carbocycles. The van der Waals surface area contributed by atoms with E-state index in [2.05, 4.69) is 21.2 Å². The summed E-state index contributed by atoms with van der Waals surface area (Å²) in [6.07, 6.45) is 0. The molecule has 0 unspecified atom stereocenters. The van der Waals surface area contributed by atoms with Gasteiger partial charge in [-0.2, -0.15) is 0 Å². The molecule has 0 amide bonds. The number of hydrogen-bond donors (Lipinski definition) is 1. The van der Waals surface area contributed by atoms with Crippen molar-refractivity contribution in [2.75, 3.05) is 14.2 Å². The van der Waals surface area contributed by atoms with E-state index in [0.717, 1.165) is 10.0 Å². The standard InChI is InChI=1S/C16H17BrFNO2/c1-20-15-8-11(7-13(17)16(15)21-2)9-19-10-12-5-3-4-6-14(12)18/h3-8,19H,9-10H2,1-2H3. The minimum absolute atomic E-state index is 0.196. The Morgan fingerprint density at radius 2 is 1.86 bits per heavy atom. The van der Waals surface area contributed by atoms with Crippen LogP contribution in [-0.2, 0) is 13.1 Å². The second-order valence-electron chi connectivity index (χ2n) is 4.51. The van der Waals surface area contributed by atoms with Crippen LogP contribution in [0.2, 0.25) is 0 Å². The van der Waals surface area contributed by atoms with Gasteiger partial charge >= 0.3 is 0 Å². The lowest BCUT2D eigenvalue weighted by Crippen LogP contribution is -2.13. The molecule has 5 heteroatoms. The van der Waals surface area contributed by atoms with Crippen LogP contribution in [0.25, 0.3) is 0 Å². The first-order chi connectivity index (χ1) is 10.2. The van der Waals surface area contributed by atoms with Gasteiger partial charge in [0.2, 0.25) is 0 Å². The van der Waals surface area contributed by atoms with Gasteiger partial charge in [0.1, 0.15) is 5.82 Å². The molecule has 0 saturated heterocycles. The molecule has 0 aliphatic carbocycles. The van der Waals surface area contributed by atoms with Crippen LogP contribution in [-0.4, -0.2) is 14.2 Å². The van der Waals surface area contributed by atoms with Crippen molar-refractivity contribution in [3.05, 3.63) is 57.8 Å². The molecule has 3 nitrogen and oxygen atoms in total. The van der Waals surface area contributed by atoms with Gasteiger partial charge in [0.05, 0.1) is 18.7 Å². The Labute approximate surface area is 132 Å². The lowest BCUT2D eigenvalue weighted by molar-refractivity contribution is 0.352. The third-order valence-corrected chi connectivity index (χ3v) is 3.68. The van der Waals surface area contributed by atoms with Crippen molar-refractivity contribution in [1.82, 2.24) is 5.32 Å². The molecule has 0 aliphatic heterocycles. The van der Waals surface area contributed by atoms with Gasteiger partial charge in [-0.3, -0.25) is 0 Å². The van der Waals surface area contributed by atoms with Crippen molar-refractivity contribution in [2.24, 2.45) is 0 Å². The van der Waals surface area contributed by atoms with Crippen LogP contribution in [0, 0.1) is 5.82 Å². The Balaban J connectivity index is 2.04. The first-order valence-electron chi connectivity index (χ1n) is 6.50. The Morgan fingerprint density at radius 1 is 1.10 bits per heavy atom. The molecule has 0 spiro atoms. The zero-order valence-corrected chi connectivity index (χ0v) is 13.5. The number of methoxy groups -OCH3 is 2. The molecule has 1 N–H and O–H groups in total. The Morgan fingerprint density at radius 3 is 2.52 bits per heavy atom. The number of rotatable bonds is 6. The van der Waals surface area contributed by atoms with E-state index in [1.54, 1.807) is 26.4 Å². The summed E-state index contributed by atoms with van der Waals surface area (Å²) >= 11 is 3.45. The summed E-state index contributed by atoms with van der Waals surface area (Å²) in [5.41, 5.74) is 1.67. The van der Waals surface area contributed by atoms with Gasteiger partial charge in [-0.25, -0.2) is 4.39 Å². The summed E-state index contributed by atoms with van der Waals surface area (Å²) in [5, 5.41) is 3.22. The Kier molecular flexibility index (Phi) is 5.59. The van der Waals surface area contributed by atoms with Crippen LogP contribution < -0.4 is 14.8 Å². The molecule has 112 valence electrons. The molecule has 0 heterocycles. The topological polar surface area (TPSA) is 30.5 Å². The normalized spacial score (nSPS) is 10.5. The summed E-state index contributed by atoms with van der Waals surface area (Å²) in [7, 11) is 3.19. The van der Waals surface area contributed by atoms with Crippen LogP contribution in [0.3, 0.4) is 0 Å². The molecule has 0 fully saturated rings. The first-order valence-corrected chi connectivity index (χ1v) is 7.29. The van der Waals surface area contributed by atoms with Gasteiger partial charge in [0.15, 0.2) is 11.5 Å². The average Bonchev–Trinajstić information content (AvgIpc) is 2.48. The fourth-order valence-electron chi connectivity index (χ4n) is 2.06. The van der Waals surface area contributed by atoms with Gasteiger partial charge in [-0.1, -0.05) is 18.2 Å². The fourth-order valence-corrected chi connectivity index (χ4v) is 2.71. The van der Waals surface area contributed by atoms with Crippen molar-refractivity contribution >= 4 is 15.9 Å². The van der Waals surface area contributed by atoms with Crippen molar-refractivity contribution in [2.45, 2.75) is 13.1 Å². The third kappa shape index (κ3) is 3.95. The molecule has 21 heavy (non-hydrogen) atoms. The minimum atomic E-state index is -0.196. The summed E-state index contributed by atoms with van der Waals surface area (Å²) in [4.78, 5) is 0. The highest BCUT2D eigenvalue weighted by Crippen LogP contribution is 2.36. The van der Waals surface area contributed by atoms with Crippen molar-refractivity contribution in [1.29, 1.82) is 0 Å². The number of nitrogens with one attached hydrogen (secondary N) is 1. The fraction of sp³-hybridized carbons (Fsp3) is 0.250. The number of ether oxygens (including phenoxy) is 2. The zero-order valence-electron chi connectivity index (χ0n) is 12.0. The Bertz CT molecular complexity index is 619. The van der Waals surface area contributed by atoms with Gasteiger partial charge in [-0.05, 0) is 39.7 Å². The van der Waals surface area contributed by atoms with Crippen molar-refractivity contribution in [3.8, 4) is 11.5 Å². The smallest absolute Gasteiger partial charge is 0.174 e. The number of benzene rings is 2. The highest BCUT2D eigenvalue weighted by molar-refractivity contribution is 9.10. The van der Waals surface area contributed by atoms with E-state index in [1.165, 1.54) is 6.07 Å². The monoisotopic (exact) mass is 353 g/mol. The zero-order chi connectivity index (χ0) is 15.2. The molecule has 0 aliphatic rings. The minimum Gasteiger partial charge on any atom is -0.493 e. The van der Waals surface area contributed by atoms with E-state index >= 15 is 0 Å². The summed E-state index contributed by atoms with van der Waals surface area (Å²) < 4.78 is 24.9. The predicted octanol–water partition coefficient (Wildman–Crippen LogP) is 3.90. The molecule has 0 atom stereocenters. The number of hydrogen-bond acceptors (Lipinski definition) is 3. The molecular weight excluding hydrogens is 337 g/mol. The molecule has 0 radical (unpaired) electrons. The van der Waals surface area contributed by atoms with E-state index in [9.17, 15) is 4.39 Å². The van der Waals surface area contributed by atoms with E-state index in [0.29, 0.717) is 30.2 Å². The summed E-state index contributed by atoms with van der Waals surface area (Å²) in [6.45, 7) is 1.08. The predicted molar refractivity (Wildman–Crippen MR) is 84.2 cm³/mol. The lowest BCUT2D eigenvalue weighted by atomic mass is 10.1. The van der Waals surface area contributed by atoms with Gasteiger partial charge in [0, 0.05) is 18.7 Å². The van der Waals surface area contributed by atoms with Crippen LogP contribution in [0.5, 0.6) is 11.5 Å². The van der Waals surface area contributed by atoms with E-state index < -0.39 is 0 Å². The maximum Gasteiger partial charge on any atom is 0.174 e. The highest BCUT2D eigenvalue weighted by atomic mass is 79.9. The number of halogens is 2. The van der Waals surface area contributed by atoms with E-state index in [4.69, 9.17) is 9.47 Å². The van der Waals surface area contributed by atoms with Crippen molar-refractivity contribution < 1.29 is 13.9 Å². The Hall–Kier alpha value is -1.59. The van der Waals surface area contributed by atoms with Crippen LogP contribution in [0.15, 0.2) is 40.9 Å².